The topological polar surface area (TPSA) is 95.0 Å². The third-order valence-electron chi connectivity index (χ3n) is 3.47. The van der Waals surface area contributed by atoms with Crippen molar-refractivity contribution in [1.29, 1.82) is 0 Å². The lowest BCUT2D eigenvalue weighted by Crippen LogP contribution is -2.15. The van der Waals surface area contributed by atoms with E-state index >= 15 is 0 Å². The number of sulfonamides is 1. The van der Waals surface area contributed by atoms with Crippen molar-refractivity contribution in [2.24, 2.45) is 5.14 Å². The fraction of sp³-hybridized carbons (Fsp3) is 0.0667. The van der Waals surface area contributed by atoms with E-state index in [0.717, 1.165) is 17.1 Å². The van der Waals surface area contributed by atoms with Crippen LogP contribution in [0, 0.1) is 0 Å². The minimum absolute atomic E-state index is 0.0304. The highest BCUT2D eigenvalue weighted by atomic mass is 35.5. The second-order valence-electron chi connectivity index (χ2n) is 5.09. The van der Waals surface area contributed by atoms with Crippen molar-refractivity contribution >= 4 is 50.0 Å². The molecule has 124 valence electrons. The number of fused-ring (bicyclic) bond motifs is 1. The minimum Gasteiger partial charge on any atom is -0.323 e. The molecule has 0 saturated carbocycles. The third kappa shape index (κ3) is 3.16. The lowest BCUT2D eigenvalue weighted by atomic mass is 10.1. The van der Waals surface area contributed by atoms with Gasteiger partial charge in [0, 0.05) is 5.56 Å². The van der Waals surface area contributed by atoms with Crippen molar-refractivity contribution in [2.75, 3.05) is 0 Å². The van der Waals surface area contributed by atoms with Gasteiger partial charge >= 0.3 is 0 Å². The molecule has 9 heteroatoms. The van der Waals surface area contributed by atoms with E-state index in [2.05, 4.69) is 4.98 Å². The van der Waals surface area contributed by atoms with Gasteiger partial charge in [0.05, 0.1) is 34.0 Å². The highest BCUT2D eigenvalue weighted by molar-refractivity contribution is 7.89. The summed E-state index contributed by atoms with van der Waals surface area (Å²) in [6.45, 7) is -0.0497. The number of benzene rings is 2. The standard InChI is InChI=1S/C15H11Cl2N3O3S/c16-10-6-11(17)15(24(18,22)23)5-9(10)14(21)7-20-8-19-12-3-1-2-4-13(12)20/h1-6,8H,7H2,(H2,18,22,23). The number of hydrogen-bond acceptors (Lipinski definition) is 4. The number of Topliss-reactive ketones (excluding diaryl/α,β-unsaturated/α-hetero) is 1. The summed E-state index contributed by atoms with van der Waals surface area (Å²) in [5.41, 5.74) is 1.56. The number of rotatable bonds is 4. The Hall–Kier alpha value is -1.93. The van der Waals surface area contributed by atoms with E-state index in [1.54, 1.807) is 4.57 Å². The van der Waals surface area contributed by atoms with E-state index in [1.807, 2.05) is 24.3 Å². The van der Waals surface area contributed by atoms with Crippen LogP contribution < -0.4 is 5.14 Å². The van der Waals surface area contributed by atoms with Gasteiger partial charge in [-0.05, 0) is 24.3 Å². The molecule has 2 aromatic carbocycles. The van der Waals surface area contributed by atoms with Crippen molar-refractivity contribution in [1.82, 2.24) is 9.55 Å². The van der Waals surface area contributed by atoms with Crippen molar-refractivity contribution in [2.45, 2.75) is 11.4 Å². The maximum atomic E-state index is 12.6. The summed E-state index contributed by atoms with van der Waals surface area (Å²) in [5.74, 6) is -0.385. The molecular weight excluding hydrogens is 373 g/mol. The molecule has 0 aliphatic carbocycles. The Kier molecular flexibility index (Phi) is 4.35. The molecule has 0 amide bonds. The number of halogens is 2. The Morgan fingerprint density at radius 1 is 1.17 bits per heavy atom. The van der Waals surface area contributed by atoms with Crippen LogP contribution in [0.15, 0.2) is 47.6 Å². The van der Waals surface area contributed by atoms with Gasteiger partial charge in [0.1, 0.15) is 4.90 Å². The Balaban J connectivity index is 2.01. The van der Waals surface area contributed by atoms with Gasteiger partial charge in [-0.2, -0.15) is 0 Å². The first-order chi connectivity index (χ1) is 11.3. The normalized spacial score (nSPS) is 11.8. The Morgan fingerprint density at radius 2 is 1.88 bits per heavy atom. The molecule has 0 atom stereocenters. The average Bonchev–Trinajstić information content (AvgIpc) is 2.89. The van der Waals surface area contributed by atoms with E-state index in [4.69, 9.17) is 28.3 Å². The molecule has 0 bridgehead atoms. The van der Waals surface area contributed by atoms with Gasteiger partial charge in [0.15, 0.2) is 5.78 Å². The molecule has 6 nitrogen and oxygen atoms in total. The first-order valence-corrected chi connectivity index (χ1v) is 9.02. The highest BCUT2D eigenvalue weighted by Gasteiger charge is 2.20. The molecule has 0 aliphatic heterocycles. The molecule has 1 heterocycles. The van der Waals surface area contributed by atoms with E-state index in [1.165, 1.54) is 12.4 Å². The number of aromatic nitrogens is 2. The predicted octanol–water partition coefficient (Wildman–Crippen LogP) is 2.87. The molecule has 2 N–H and O–H groups in total. The summed E-state index contributed by atoms with van der Waals surface area (Å²) in [6.07, 6.45) is 1.53. The summed E-state index contributed by atoms with van der Waals surface area (Å²) in [7, 11) is -4.06. The van der Waals surface area contributed by atoms with Crippen molar-refractivity contribution < 1.29 is 13.2 Å². The molecule has 0 aliphatic rings. The van der Waals surface area contributed by atoms with Crippen LogP contribution in [0.4, 0.5) is 0 Å². The fourth-order valence-corrected chi connectivity index (χ4v) is 3.76. The van der Waals surface area contributed by atoms with Crippen molar-refractivity contribution in [3.8, 4) is 0 Å². The molecule has 0 unspecified atom stereocenters. The molecule has 0 radical (unpaired) electrons. The summed E-state index contributed by atoms with van der Waals surface area (Å²) in [5, 5.41) is 5.03. The summed E-state index contributed by atoms with van der Waals surface area (Å²) >= 11 is 11.9. The van der Waals surface area contributed by atoms with Gasteiger partial charge in [0.2, 0.25) is 10.0 Å². The van der Waals surface area contributed by atoms with Crippen LogP contribution in [-0.4, -0.2) is 23.8 Å². The molecule has 0 saturated heterocycles. The summed E-state index contributed by atoms with van der Waals surface area (Å²) in [4.78, 5) is 16.4. The van der Waals surface area contributed by atoms with E-state index in [0.29, 0.717) is 0 Å². The average molecular weight is 384 g/mol. The zero-order valence-electron chi connectivity index (χ0n) is 12.1. The molecule has 1 aromatic heterocycles. The first-order valence-electron chi connectivity index (χ1n) is 6.72. The predicted molar refractivity (Wildman–Crippen MR) is 91.9 cm³/mol. The number of ketones is 1. The number of nitrogens with two attached hydrogens (primary N) is 1. The monoisotopic (exact) mass is 383 g/mol. The van der Waals surface area contributed by atoms with E-state index in [-0.39, 0.29) is 32.8 Å². The first kappa shape index (κ1) is 16.9. The largest absolute Gasteiger partial charge is 0.323 e. The zero-order valence-corrected chi connectivity index (χ0v) is 14.4. The number of primary sulfonamides is 1. The maximum Gasteiger partial charge on any atom is 0.239 e. The van der Waals surface area contributed by atoms with Crippen LogP contribution in [0.5, 0.6) is 0 Å². The minimum atomic E-state index is -4.06. The molecular formula is C15H11Cl2N3O3S. The lowest BCUT2D eigenvalue weighted by molar-refractivity contribution is 0.0973. The highest BCUT2D eigenvalue weighted by Crippen LogP contribution is 2.28. The van der Waals surface area contributed by atoms with Crippen molar-refractivity contribution in [3.05, 3.63) is 58.3 Å². The van der Waals surface area contributed by atoms with Gasteiger partial charge in [-0.3, -0.25) is 4.79 Å². The SMILES string of the molecule is NS(=O)(=O)c1cc(C(=O)Cn2cnc3ccccc32)c(Cl)cc1Cl. The zero-order chi connectivity index (χ0) is 17.5. The Bertz CT molecular complexity index is 1060. The van der Waals surface area contributed by atoms with Crippen LogP contribution in [0.2, 0.25) is 10.0 Å². The van der Waals surface area contributed by atoms with Gasteiger partial charge < -0.3 is 4.57 Å². The summed E-state index contributed by atoms with van der Waals surface area (Å²) < 4.78 is 24.8. The van der Waals surface area contributed by atoms with Gasteiger partial charge in [0.25, 0.3) is 0 Å². The summed E-state index contributed by atoms with van der Waals surface area (Å²) in [6, 6.07) is 9.62. The number of nitrogens with zero attached hydrogens (tertiary/aromatic N) is 2. The molecule has 0 spiro atoms. The molecule has 3 aromatic rings. The smallest absolute Gasteiger partial charge is 0.239 e. The van der Waals surface area contributed by atoms with Crippen LogP contribution in [0.1, 0.15) is 10.4 Å². The second-order valence-corrected chi connectivity index (χ2v) is 7.44. The van der Waals surface area contributed by atoms with Gasteiger partial charge in [-0.25, -0.2) is 18.5 Å². The second kappa shape index (κ2) is 6.18. The van der Waals surface area contributed by atoms with E-state index in [9.17, 15) is 13.2 Å². The lowest BCUT2D eigenvalue weighted by Gasteiger charge is -2.09. The molecule has 24 heavy (non-hydrogen) atoms. The number of para-hydroxylation sites is 2. The maximum absolute atomic E-state index is 12.6. The fourth-order valence-electron chi connectivity index (χ4n) is 2.34. The quantitative estimate of drug-likeness (QED) is 0.700. The Morgan fingerprint density at radius 3 is 2.58 bits per heavy atom. The Labute approximate surface area is 147 Å². The van der Waals surface area contributed by atoms with Gasteiger partial charge in [-0.1, -0.05) is 35.3 Å². The third-order valence-corrected chi connectivity index (χ3v) is 5.16. The van der Waals surface area contributed by atoms with Crippen LogP contribution >= 0.6 is 23.2 Å². The van der Waals surface area contributed by atoms with E-state index < -0.39 is 10.0 Å². The number of hydrogen-bond donors (Lipinski definition) is 1. The number of carbonyl (C=O) groups excluding carboxylic acids is 1. The van der Waals surface area contributed by atoms with Gasteiger partial charge in [-0.15, -0.1) is 0 Å². The number of imidazole rings is 1. The van der Waals surface area contributed by atoms with Crippen LogP contribution in [0.3, 0.4) is 0 Å². The van der Waals surface area contributed by atoms with Crippen LogP contribution in [-0.2, 0) is 16.6 Å². The van der Waals surface area contributed by atoms with Crippen molar-refractivity contribution in [3.63, 3.8) is 0 Å². The molecule has 0 fully saturated rings. The molecule has 3 rings (SSSR count). The number of carbonyl (C=O) groups is 1. The van der Waals surface area contributed by atoms with Crippen LogP contribution in [0.25, 0.3) is 11.0 Å².